The summed E-state index contributed by atoms with van der Waals surface area (Å²) in [5.41, 5.74) is 1.17. The lowest BCUT2D eigenvalue weighted by Crippen LogP contribution is -2.50. The van der Waals surface area contributed by atoms with Gasteiger partial charge < -0.3 is 4.74 Å². The molecule has 3 rings (SSSR count). The summed E-state index contributed by atoms with van der Waals surface area (Å²) < 4.78 is 18.5. The van der Waals surface area contributed by atoms with E-state index in [1.807, 2.05) is 30.3 Å². The van der Waals surface area contributed by atoms with Crippen molar-refractivity contribution in [3.63, 3.8) is 0 Å². The molecule has 1 atom stereocenters. The van der Waals surface area contributed by atoms with E-state index in [-0.39, 0.29) is 24.6 Å². The second-order valence-electron chi connectivity index (χ2n) is 6.35. The molecule has 0 aromatic heterocycles. The SMILES string of the molecule is C=C(COC(=O)C1(Cc2ccc(F)cc2)CCC1=O)c1ccccc1. The van der Waals surface area contributed by atoms with Crippen molar-refractivity contribution in [2.75, 3.05) is 6.61 Å². The monoisotopic (exact) mass is 338 g/mol. The Balaban J connectivity index is 1.68. The average Bonchev–Trinajstić information content (AvgIpc) is 2.64. The summed E-state index contributed by atoms with van der Waals surface area (Å²) in [5, 5.41) is 0. The molecule has 0 amide bonds. The largest absolute Gasteiger partial charge is 0.460 e. The molecule has 0 bridgehead atoms. The van der Waals surface area contributed by atoms with Crippen LogP contribution in [0.3, 0.4) is 0 Å². The van der Waals surface area contributed by atoms with Gasteiger partial charge in [0.15, 0.2) is 5.78 Å². The number of benzene rings is 2. The van der Waals surface area contributed by atoms with E-state index in [4.69, 9.17) is 4.74 Å². The van der Waals surface area contributed by atoms with Crippen LogP contribution < -0.4 is 0 Å². The molecule has 1 fully saturated rings. The summed E-state index contributed by atoms with van der Waals surface area (Å²) in [7, 11) is 0. The Morgan fingerprint density at radius 3 is 2.36 bits per heavy atom. The Hall–Kier alpha value is -2.75. The molecule has 1 saturated carbocycles. The molecule has 1 aliphatic rings. The number of ketones is 1. The summed E-state index contributed by atoms with van der Waals surface area (Å²) >= 11 is 0. The number of esters is 1. The lowest BCUT2D eigenvalue weighted by Gasteiger charge is -2.37. The fourth-order valence-corrected chi connectivity index (χ4v) is 3.00. The Morgan fingerprint density at radius 1 is 1.12 bits per heavy atom. The minimum atomic E-state index is -1.14. The van der Waals surface area contributed by atoms with Gasteiger partial charge in [-0.15, -0.1) is 0 Å². The van der Waals surface area contributed by atoms with Gasteiger partial charge in [-0.3, -0.25) is 9.59 Å². The summed E-state index contributed by atoms with van der Waals surface area (Å²) in [6.45, 7) is 3.97. The summed E-state index contributed by atoms with van der Waals surface area (Å²) in [6.07, 6.45) is 1.07. The first-order valence-corrected chi connectivity index (χ1v) is 8.19. The third kappa shape index (κ3) is 3.53. The highest BCUT2D eigenvalue weighted by Crippen LogP contribution is 2.41. The zero-order chi connectivity index (χ0) is 17.9. The Labute approximate surface area is 146 Å². The normalized spacial score (nSPS) is 19.2. The van der Waals surface area contributed by atoms with Crippen molar-refractivity contribution in [1.82, 2.24) is 0 Å². The van der Waals surface area contributed by atoms with E-state index in [0.29, 0.717) is 18.4 Å². The van der Waals surface area contributed by atoms with Crippen LogP contribution in [0.1, 0.15) is 24.0 Å². The van der Waals surface area contributed by atoms with Gasteiger partial charge in [-0.1, -0.05) is 49.0 Å². The Kier molecular flexibility index (Phi) is 4.79. The first-order valence-electron chi connectivity index (χ1n) is 8.19. The van der Waals surface area contributed by atoms with Gasteiger partial charge in [-0.2, -0.15) is 0 Å². The fraction of sp³-hybridized carbons (Fsp3) is 0.238. The van der Waals surface area contributed by atoms with Gasteiger partial charge in [0, 0.05) is 6.42 Å². The van der Waals surface area contributed by atoms with E-state index in [1.165, 1.54) is 12.1 Å². The topological polar surface area (TPSA) is 43.4 Å². The predicted molar refractivity (Wildman–Crippen MR) is 93.2 cm³/mol. The van der Waals surface area contributed by atoms with Gasteiger partial charge in [0.1, 0.15) is 17.8 Å². The van der Waals surface area contributed by atoms with Crippen LogP contribution in [-0.2, 0) is 20.7 Å². The molecule has 3 nitrogen and oxygen atoms in total. The molecule has 0 saturated heterocycles. The van der Waals surface area contributed by atoms with Crippen LogP contribution in [0.2, 0.25) is 0 Å². The number of rotatable bonds is 6. The second kappa shape index (κ2) is 7.01. The van der Waals surface area contributed by atoms with Crippen molar-refractivity contribution in [2.45, 2.75) is 19.3 Å². The van der Waals surface area contributed by atoms with E-state index in [9.17, 15) is 14.0 Å². The summed E-state index contributed by atoms with van der Waals surface area (Å²) in [5.74, 6) is -0.989. The summed E-state index contributed by atoms with van der Waals surface area (Å²) in [6, 6.07) is 15.3. The van der Waals surface area contributed by atoms with Crippen LogP contribution in [0, 0.1) is 11.2 Å². The maximum atomic E-state index is 13.1. The van der Waals surface area contributed by atoms with E-state index >= 15 is 0 Å². The standard InChI is InChI=1S/C21H19FO3/c1-15(17-5-3-2-4-6-17)14-25-20(24)21(12-11-19(21)23)13-16-7-9-18(22)10-8-16/h2-10H,1,11-14H2. The third-order valence-corrected chi connectivity index (χ3v) is 4.68. The van der Waals surface area contributed by atoms with Crippen molar-refractivity contribution in [1.29, 1.82) is 0 Å². The number of halogens is 1. The van der Waals surface area contributed by atoms with Crippen LogP contribution in [0.25, 0.3) is 5.57 Å². The number of carbonyl (C=O) groups is 2. The molecule has 0 spiro atoms. The number of carbonyl (C=O) groups excluding carboxylic acids is 2. The van der Waals surface area contributed by atoms with Crippen LogP contribution in [0.5, 0.6) is 0 Å². The quantitative estimate of drug-likeness (QED) is 0.591. The molecular formula is C21H19FO3. The van der Waals surface area contributed by atoms with Crippen LogP contribution >= 0.6 is 0 Å². The van der Waals surface area contributed by atoms with Crippen molar-refractivity contribution in [2.24, 2.45) is 5.41 Å². The van der Waals surface area contributed by atoms with Gasteiger partial charge in [-0.25, -0.2) is 4.39 Å². The number of ether oxygens (including phenoxy) is 1. The van der Waals surface area contributed by atoms with E-state index in [2.05, 4.69) is 6.58 Å². The fourth-order valence-electron chi connectivity index (χ4n) is 3.00. The molecule has 0 radical (unpaired) electrons. The lowest BCUT2D eigenvalue weighted by molar-refractivity contribution is -0.166. The van der Waals surface area contributed by atoms with Crippen molar-refractivity contribution >= 4 is 17.3 Å². The first-order chi connectivity index (χ1) is 12.0. The summed E-state index contributed by atoms with van der Waals surface area (Å²) in [4.78, 5) is 24.8. The van der Waals surface area contributed by atoms with Crippen LogP contribution in [0.15, 0.2) is 61.2 Å². The van der Waals surface area contributed by atoms with Gasteiger partial charge in [0.2, 0.25) is 0 Å². The predicted octanol–water partition coefficient (Wildman–Crippen LogP) is 3.97. The molecule has 4 heteroatoms. The van der Waals surface area contributed by atoms with Gasteiger partial charge >= 0.3 is 5.97 Å². The number of hydrogen-bond acceptors (Lipinski definition) is 3. The van der Waals surface area contributed by atoms with E-state index in [1.54, 1.807) is 12.1 Å². The minimum absolute atomic E-state index is 0.0430. The van der Waals surface area contributed by atoms with E-state index < -0.39 is 11.4 Å². The molecule has 1 unspecified atom stereocenters. The Morgan fingerprint density at radius 2 is 1.80 bits per heavy atom. The second-order valence-corrected chi connectivity index (χ2v) is 6.35. The highest BCUT2D eigenvalue weighted by Gasteiger charge is 2.53. The number of Topliss-reactive ketones (excluding diaryl/α,β-unsaturated/α-hetero) is 1. The van der Waals surface area contributed by atoms with E-state index in [0.717, 1.165) is 11.1 Å². The van der Waals surface area contributed by atoms with Crippen molar-refractivity contribution in [3.8, 4) is 0 Å². The zero-order valence-corrected chi connectivity index (χ0v) is 13.8. The third-order valence-electron chi connectivity index (χ3n) is 4.68. The number of hydrogen-bond donors (Lipinski definition) is 0. The molecule has 128 valence electrons. The first kappa shape index (κ1) is 17.1. The van der Waals surface area contributed by atoms with Crippen molar-refractivity contribution in [3.05, 3.63) is 78.1 Å². The van der Waals surface area contributed by atoms with Crippen LogP contribution in [-0.4, -0.2) is 18.4 Å². The zero-order valence-electron chi connectivity index (χ0n) is 13.8. The lowest BCUT2D eigenvalue weighted by atomic mass is 9.64. The highest BCUT2D eigenvalue weighted by molar-refractivity contribution is 6.08. The Bertz CT molecular complexity index is 796. The van der Waals surface area contributed by atoms with Gasteiger partial charge in [0.25, 0.3) is 0 Å². The molecule has 1 aliphatic carbocycles. The smallest absolute Gasteiger partial charge is 0.320 e. The molecule has 25 heavy (non-hydrogen) atoms. The van der Waals surface area contributed by atoms with Gasteiger partial charge in [0.05, 0.1) is 0 Å². The molecular weight excluding hydrogens is 319 g/mol. The molecule has 2 aromatic carbocycles. The molecule has 0 heterocycles. The maximum Gasteiger partial charge on any atom is 0.320 e. The highest BCUT2D eigenvalue weighted by atomic mass is 19.1. The van der Waals surface area contributed by atoms with Gasteiger partial charge in [-0.05, 0) is 41.7 Å². The maximum absolute atomic E-state index is 13.1. The average molecular weight is 338 g/mol. The molecule has 0 N–H and O–H groups in total. The minimum Gasteiger partial charge on any atom is -0.460 e. The molecule has 2 aromatic rings. The van der Waals surface area contributed by atoms with Crippen LogP contribution in [0.4, 0.5) is 4.39 Å². The molecule has 0 aliphatic heterocycles. The van der Waals surface area contributed by atoms with Crippen molar-refractivity contribution < 1.29 is 18.7 Å².